The smallest absolute Gasteiger partial charge is 0.363 e. The zero-order valence-electron chi connectivity index (χ0n) is 14.8. The highest BCUT2D eigenvalue weighted by atomic mass is 16.5. The van der Waals surface area contributed by atoms with Gasteiger partial charge >= 0.3 is 5.69 Å². The first-order valence-electron chi connectivity index (χ1n) is 8.65. The number of H-pyrrole nitrogens is 1. The standard InChI is InChI=1S/C18H25N5O2/c1-3-4-5-6-9-12-25-16-11-8-7-10-15(16)13-19-22-17-14(2)21-23-18(24)20-17/h7-8,10-11,13H,3-6,9,12H2,1-2H3,(H2,20,22,23,24)/b19-13+. The van der Waals surface area contributed by atoms with E-state index in [4.69, 9.17) is 4.74 Å². The Morgan fingerprint density at radius 3 is 2.88 bits per heavy atom. The van der Waals surface area contributed by atoms with Gasteiger partial charge in [-0.1, -0.05) is 44.7 Å². The Kier molecular flexibility index (Phi) is 7.62. The number of anilines is 1. The van der Waals surface area contributed by atoms with Gasteiger partial charge in [-0.15, -0.1) is 0 Å². The molecule has 0 unspecified atom stereocenters. The first-order valence-corrected chi connectivity index (χ1v) is 8.65. The number of benzene rings is 1. The van der Waals surface area contributed by atoms with E-state index >= 15 is 0 Å². The largest absolute Gasteiger partial charge is 0.493 e. The molecule has 1 aromatic heterocycles. The Hall–Kier alpha value is -2.70. The summed E-state index contributed by atoms with van der Waals surface area (Å²) < 4.78 is 5.86. The summed E-state index contributed by atoms with van der Waals surface area (Å²) in [4.78, 5) is 15.0. The van der Waals surface area contributed by atoms with Crippen LogP contribution in [0.4, 0.5) is 5.82 Å². The Bertz CT molecular complexity index is 742. The summed E-state index contributed by atoms with van der Waals surface area (Å²) in [7, 11) is 0. The zero-order chi connectivity index (χ0) is 17.9. The van der Waals surface area contributed by atoms with Crippen molar-refractivity contribution in [3.05, 3.63) is 46.0 Å². The number of para-hydroxylation sites is 1. The van der Waals surface area contributed by atoms with Gasteiger partial charge in [0, 0.05) is 5.56 Å². The van der Waals surface area contributed by atoms with E-state index in [9.17, 15) is 4.79 Å². The highest BCUT2D eigenvalue weighted by Crippen LogP contribution is 2.17. The van der Waals surface area contributed by atoms with Crippen molar-refractivity contribution < 1.29 is 4.74 Å². The van der Waals surface area contributed by atoms with Crippen LogP contribution in [0.3, 0.4) is 0 Å². The summed E-state index contributed by atoms with van der Waals surface area (Å²) in [5.41, 5.74) is 3.65. The SMILES string of the molecule is CCCCCCCOc1ccccc1/C=N/Nc1nc(=O)[nH]nc1C. The lowest BCUT2D eigenvalue weighted by Crippen LogP contribution is -2.15. The molecule has 0 bridgehead atoms. The molecule has 0 radical (unpaired) electrons. The first-order chi connectivity index (χ1) is 12.2. The van der Waals surface area contributed by atoms with E-state index in [1.807, 2.05) is 24.3 Å². The number of nitrogens with one attached hydrogen (secondary N) is 2. The van der Waals surface area contributed by atoms with Crippen LogP contribution in [0, 0.1) is 6.92 Å². The number of hydrogen-bond donors (Lipinski definition) is 2. The minimum absolute atomic E-state index is 0.328. The lowest BCUT2D eigenvalue weighted by molar-refractivity contribution is 0.304. The van der Waals surface area contributed by atoms with Gasteiger partial charge in [-0.3, -0.25) is 5.43 Å². The van der Waals surface area contributed by atoms with Crippen molar-refractivity contribution in [1.29, 1.82) is 0 Å². The lowest BCUT2D eigenvalue weighted by atomic mass is 10.2. The molecule has 7 heteroatoms. The Morgan fingerprint density at radius 1 is 1.24 bits per heavy atom. The molecule has 2 N–H and O–H groups in total. The van der Waals surface area contributed by atoms with Gasteiger partial charge in [0.1, 0.15) is 11.4 Å². The van der Waals surface area contributed by atoms with Gasteiger partial charge in [-0.25, -0.2) is 9.89 Å². The molecule has 1 aromatic carbocycles. The van der Waals surface area contributed by atoms with Gasteiger partial charge < -0.3 is 4.74 Å². The molecule has 0 aliphatic rings. The second kappa shape index (κ2) is 10.2. The van der Waals surface area contributed by atoms with Gasteiger partial charge in [-0.05, 0) is 25.5 Å². The predicted octanol–water partition coefficient (Wildman–Crippen LogP) is 3.27. The summed E-state index contributed by atoms with van der Waals surface area (Å²) in [6.07, 6.45) is 7.65. The minimum atomic E-state index is -0.518. The fraction of sp³-hybridized carbons (Fsp3) is 0.444. The monoisotopic (exact) mass is 343 g/mol. The molecular weight excluding hydrogens is 318 g/mol. The third-order valence-electron chi connectivity index (χ3n) is 3.67. The molecule has 0 saturated carbocycles. The molecule has 2 rings (SSSR count). The van der Waals surface area contributed by atoms with E-state index in [2.05, 4.69) is 32.6 Å². The van der Waals surface area contributed by atoms with Crippen LogP contribution >= 0.6 is 0 Å². The van der Waals surface area contributed by atoms with E-state index in [1.165, 1.54) is 25.7 Å². The molecule has 0 saturated heterocycles. The first kappa shape index (κ1) is 18.6. The number of ether oxygens (including phenoxy) is 1. The third kappa shape index (κ3) is 6.37. The van der Waals surface area contributed by atoms with Gasteiger partial charge in [-0.2, -0.15) is 15.2 Å². The van der Waals surface area contributed by atoms with E-state index in [1.54, 1.807) is 13.1 Å². The van der Waals surface area contributed by atoms with Crippen molar-refractivity contribution in [2.24, 2.45) is 5.10 Å². The van der Waals surface area contributed by atoms with Crippen molar-refractivity contribution in [2.45, 2.75) is 46.0 Å². The van der Waals surface area contributed by atoms with Crippen LogP contribution in [0.1, 0.15) is 50.3 Å². The van der Waals surface area contributed by atoms with Crippen LogP contribution in [-0.2, 0) is 0 Å². The minimum Gasteiger partial charge on any atom is -0.493 e. The number of unbranched alkanes of at least 4 members (excludes halogenated alkanes) is 4. The van der Waals surface area contributed by atoms with Crippen molar-refractivity contribution in [2.75, 3.05) is 12.0 Å². The normalized spacial score (nSPS) is 11.0. The van der Waals surface area contributed by atoms with Crippen LogP contribution < -0.4 is 15.9 Å². The van der Waals surface area contributed by atoms with E-state index in [-0.39, 0.29) is 0 Å². The maximum Gasteiger partial charge on any atom is 0.363 e. The predicted molar refractivity (Wildman–Crippen MR) is 99.3 cm³/mol. The molecule has 25 heavy (non-hydrogen) atoms. The summed E-state index contributed by atoms with van der Waals surface area (Å²) >= 11 is 0. The Balaban J connectivity index is 1.91. The molecule has 7 nitrogen and oxygen atoms in total. The molecule has 0 spiro atoms. The van der Waals surface area contributed by atoms with Crippen molar-refractivity contribution >= 4 is 12.0 Å². The fourth-order valence-corrected chi connectivity index (χ4v) is 2.27. The zero-order valence-corrected chi connectivity index (χ0v) is 14.8. The number of rotatable bonds is 10. The topological polar surface area (TPSA) is 92.3 Å². The van der Waals surface area contributed by atoms with Crippen LogP contribution in [0.25, 0.3) is 0 Å². The third-order valence-corrected chi connectivity index (χ3v) is 3.67. The molecule has 2 aromatic rings. The number of aromatic nitrogens is 3. The summed E-state index contributed by atoms with van der Waals surface area (Å²) in [6.45, 7) is 4.63. The molecule has 134 valence electrons. The van der Waals surface area contributed by atoms with Gasteiger partial charge in [0.25, 0.3) is 0 Å². The highest BCUT2D eigenvalue weighted by molar-refractivity contribution is 5.83. The summed E-state index contributed by atoms with van der Waals surface area (Å²) in [5, 5.41) is 10.2. The quantitative estimate of drug-likeness (QED) is 0.392. The Labute approximate surface area is 147 Å². The van der Waals surface area contributed by atoms with E-state index in [0.29, 0.717) is 18.1 Å². The average Bonchev–Trinajstić information content (AvgIpc) is 2.62. The molecule has 0 atom stereocenters. The van der Waals surface area contributed by atoms with Gasteiger partial charge in [0.15, 0.2) is 5.82 Å². The second-order valence-corrected chi connectivity index (χ2v) is 5.75. The van der Waals surface area contributed by atoms with Gasteiger partial charge in [0.2, 0.25) is 0 Å². The molecular formula is C18H25N5O2. The number of hydrazone groups is 1. The summed E-state index contributed by atoms with van der Waals surface area (Å²) in [6, 6.07) is 7.71. The van der Waals surface area contributed by atoms with E-state index < -0.39 is 5.69 Å². The van der Waals surface area contributed by atoms with Crippen molar-refractivity contribution in [3.63, 3.8) is 0 Å². The summed E-state index contributed by atoms with van der Waals surface area (Å²) in [5.74, 6) is 1.12. The van der Waals surface area contributed by atoms with Crippen LogP contribution in [0.5, 0.6) is 5.75 Å². The van der Waals surface area contributed by atoms with E-state index in [0.717, 1.165) is 17.7 Å². The average molecular weight is 343 g/mol. The fourth-order valence-electron chi connectivity index (χ4n) is 2.27. The number of hydrogen-bond acceptors (Lipinski definition) is 6. The second-order valence-electron chi connectivity index (χ2n) is 5.75. The van der Waals surface area contributed by atoms with Crippen LogP contribution in [-0.4, -0.2) is 28.0 Å². The Morgan fingerprint density at radius 2 is 2.04 bits per heavy atom. The van der Waals surface area contributed by atoms with Gasteiger partial charge in [0.05, 0.1) is 12.8 Å². The molecule has 0 fully saturated rings. The van der Waals surface area contributed by atoms with Crippen LogP contribution in [0.15, 0.2) is 34.2 Å². The molecule has 0 aliphatic carbocycles. The number of aryl methyl sites for hydroxylation is 1. The lowest BCUT2D eigenvalue weighted by Gasteiger charge is -2.09. The number of aromatic amines is 1. The maximum absolute atomic E-state index is 11.2. The number of nitrogens with zero attached hydrogens (tertiary/aromatic N) is 3. The van der Waals surface area contributed by atoms with Crippen molar-refractivity contribution in [1.82, 2.24) is 15.2 Å². The van der Waals surface area contributed by atoms with Crippen molar-refractivity contribution in [3.8, 4) is 5.75 Å². The highest BCUT2D eigenvalue weighted by Gasteiger charge is 2.02. The maximum atomic E-state index is 11.2. The molecule has 0 aliphatic heterocycles. The molecule has 1 heterocycles. The molecule has 0 amide bonds. The van der Waals surface area contributed by atoms with Crippen LogP contribution in [0.2, 0.25) is 0 Å².